The first kappa shape index (κ1) is 15.0. The Morgan fingerprint density at radius 1 is 1.33 bits per heavy atom. The van der Waals surface area contributed by atoms with Gasteiger partial charge in [0.1, 0.15) is 5.75 Å². The van der Waals surface area contributed by atoms with Crippen LogP contribution in [0.4, 0.5) is 0 Å². The fraction of sp³-hybridized carbons (Fsp3) is 0.600. The van der Waals surface area contributed by atoms with Gasteiger partial charge in [0.05, 0.1) is 7.11 Å². The molecule has 18 heavy (non-hydrogen) atoms. The summed E-state index contributed by atoms with van der Waals surface area (Å²) in [7, 11) is 1.70. The first-order valence-corrected chi connectivity index (χ1v) is 6.70. The standard InChI is InChI=1S/C15H26N2O/c1-5-17(11-12(2)3)15(10-16)13-7-6-8-14(9-13)18-4/h6-9,12,15H,5,10-11,16H2,1-4H3. The van der Waals surface area contributed by atoms with E-state index in [9.17, 15) is 0 Å². The summed E-state index contributed by atoms with van der Waals surface area (Å²) in [5.74, 6) is 1.54. The third-order valence-corrected chi connectivity index (χ3v) is 3.15. The second kappa shape index (κ2) is 7.39. The molecule has 0 fully saturated rings. The van der Waals surface area contributed by atoms with E-state index in [0.29, 0.717) is 12.5 Å². The average molecular weight is 250 g/mol. The van der Waals surface area contributed by atoms with Gasteiger partial charge in [0.25, 0.3) is 0 Å². The summed E-state index contributed by atoms with van der Waals surface area (Å²) < 4.78 is 5.28. The monoisotopic (exact) mass is 250 g/mol. The van der Waals surface area contributed by atoms with Crippen LogP contribution in [0.25, 0.3) is 0 Å². The molecule has 0 aromatic heterocycles. The minimum atomic E-state index is 0.271. The van der Waals surface area contributed by atoms with E-state index < -0.39 is 0 Å². The van der Waals surface area contributed by atoms with Gasteiger partial charge in [0.15, 0.2) is 0 Å². The minimum absolute atomic E-state index is 0.271. The molecular formula is C15H26N2O. The summed E-state index contributed by atoms with van der Waals surface area (Å²) in [4.78, 5) is 2.43. The van der Waals surface area contributed by atoms with Gasteiger partial charge in [-0.05, 0) is 30.2 Å². The molecule has 0 aliphatic rings. The molecule has 0 spiro atoms. The van der Waals surface area contributed by atoms with E-state index in [4.69, 9.17) is 10.5 Å². The number of benzene rings is 1. The first-order valence-electron chi connectivity index (χ1n) is 6.70. The average Bonchev–Trinajstić information content (AvgIpc) is 2.38. The molecule has 1 aromatic carbocycles. The number of nitrogens with zero attached hydrogens (tertiary/aromatic N) is 1. The van der Waals surface area contributed by atoms with E-state index in [1.165, 1.54) is 5.56 Å². The maximum Gasteiger partial charge on any atom is 0.119 e. The smallest absolute Gasteiger partial charge is 0.119 e. The SMILES string of the molecule is CCN(CC(C)C)C(CN)c1cccc(OC)c1. The van der Waals surface area contributed by atoms with Crippen LogP contribution in [-0.4, -0.2) is 31.6 Å². The quantitative estimate of drug-likeness (QED) is 0.808. The van der Waals surface area contributed by atoms with Crippen LogP contribution in [0.5, 0.6) is 5.75 Å². The van der Waals surface area contributed by atoms with E-state index in [-0.39, 0.29) is 6.04 Å². The van der Waals surface area contributed by atoms with Crippen molar-refractivity contribution in [3.63, 3.8) is 0 Å². The molecule has 1 rings (SSSR count). The van der Waals surface area contributed by atoms with Crippen LogP contribution >= 0.6 is 0 Å². The molecule has 0 radical (unpaired) electrons. The topological polar surface area (TPSA) is 38.5 Å². The van der Waals surface area contributed by atoms with Crippen molar-refractivity contribution in [3.05, 3.63) is 29.8 Å². The van der Waals surface area contributed by atoms with E-state index in [2.05, 4.69) is 37.8 Å². The van der Waals surface area contributed by atoms with E-state index >= 15 is 0 Å². The zero-order valence-corrected chi connectivity index (χ0v) is 12.0. The lowest BCUT2D eigenvalue weighted by Gasteiger charge is -2.31. The second-order valence-electron chi connectivity index (χ2n) is 5.01. The number of hydrogen-bond acceptors (Lipinski definition) is 3. The summed E-state index contributed by atoms with van der Waals surface area (Å²) in [5.41, 5.74) is 7.20. The highest BCUT2D eigenvalue weighted by molar-refractivity contribution is 5.30. The summed E-state index contributed by atoms with van der Waals surface area (Å²) in [6, 6.07) is 8.48. The fourth-order valence-electron chi connectivity index (χ4n) is 2.29. The molecule has 0 bridgehead atoms. The predicted molar refractivity (Wildman–Crippen MR) is 76.9 cm³/mol. The van der Waals surface area contributed by atoms with E-state index in [1.54, 1.807) is 7.11 Å². The van der Waals surface area contributed by atoms with Crippen LogP contribution < -0.4 is 10.5 Å². The maximum absolute atomic E-state index is 5.97. The molecule has 1 aromatic rings. The number of hydrogen-bond donors (Lipinski definition) is 1. The summed E-state index contributed by atoms with van der Waals surface area (Å²) in [5, 5.41) is 0. The van der Waals surface area contributed by atoms with Crippen LogP contribution in [0.1, 0.15) is 32.4 Å². The molecule has 0 aliphatic carbocycles. The van der Waals surface area contributed by atoms with Crippen molar-refractivity contribution in [2.45, 2.75) is 26.8 Å². The normalized spacial score (nSPS) is 13.1. The Labute approximate surface area is 111 Å². The molecule has 3 heteroatoms. The number of nitrogens with two attached hydrogens (primary N) is 1. The summed E-state index contributed by atoms with van der Waals surface area (Å²) in [6.45, 7) is 9.37. The Morgan fingerprint density at radius 2 is 2.06 bits per heavy atom. The Bertz CT molecular complexity index is 352. The third-order valence-electron chi connectivity index (χ3n) is 3.15. The van der Waals surface area contributed by atoms with E-state index in [0.717, 1.165) is 18.8 Å². The Kier molecular flexibility index (Phi) is 6.16. The molecule has 0 saturated carbocycles. The van der Waals surface area contributed by atoms with Crippen molar-refractivity contribution < 1.29 is 4.74 Å². The molecular weight excluding hydrogens is 224 g/mol. The van der Waals surface area contributed by atoms with Gasteiger partial charge < -0.3 is 10.5 Å². The van der Waals surface area contributed by atoms with Crippen molar-refractivity contribution in [3.8, 4) is 5.75 Å². The highest BCUT2D eigenvalue weighted by atomic mass is 16.5. The Balaban J connectivity index is 2.91. The van der Waals surface area contributed by atoms with Gasteiger partial charge in [-0.1, -0.05) is 32.9 Å². The maximum atomic E-state index is 5.97. The van der Waals surface area contributed by atoms with Gasteiger partial charge in [-0.3, -0.25) is 4.90 Å². The van der Waals surface area contributed by atoms with Crippen LogP contribution in [0.15, 0.2) is 24.3 Å². The fourth-order valence-corrected chi connectivity index (χ4v) is 2.29. The largest absolute Gasteiger partial charge is 0.497 e. The minimum Gasteiger partial charge on any atom is -0.497 e. The molecule has 3 nitrogen and oxygen atoms in total. The van der Waals surface area contributed by atoms with Crippen molar-refractivity contribution in [2.24, 2.45) is 11.7 Å². The van der Waals surface area contributed by atoms with Gasteiger partial charge in [-0.15, -0.1) is 0 Å². The number of likely N-dealkylation sites (N-methyl/N-ethyl adjacent to an activating group) is 1. The van der Waals surface area contributed by atoms with Crippen LogP contribution in [-0.2, 0) is 0 Å². The highest BCUT2D eigenvalue weighted by Crippen LogP contribution is 2.24. The van der Waals surface area contributed by atoms with Crippen molar-refractivity contribution in [2.75, 3.05) is 26.7 Å². The number of ether oxygens (including phenoxy) is 1. The molecule has 0 saturated heterocycles. The number of rotatable bonds is 7. The van der Waals surface area contributed by atoms with Gasteiger partial charge in [-0.2, -0.15) is 0 Å². The third kappa shape index (κ3) is 4.00. The van der Waals surface area contributed by atoms with Gasteiger partial charge in [0.2, 0.25) is 0 Å². The molecule has 1 unspecified atom stereocenters. The summed E-state index contributed by atoms with van der Waals surface area (Å²) in [6.07, 6.45) is 0. The molecule has 2 N–H and O–H groups in total. The predicted octanol–water partition coefficient (Wildman–Crippen LogP) is 2.67. The van der Waals surface area contributed by atoms with Crippen molar-refractivity contribution in [1.29, 1.82) is 0 Å². The lowest BCUT2D eigenvalue weighted by molar-refractivity contribution is 0.189. The van der Waals surface area contributed by atoms with Crippen LogP contribution in [0.3, 0.4) is 0 Å². The van der Waals surface area contributed by atoms with Gasteiger partial charge in [0, 0.05) is 19.1 Å². The van der Waals surface area contributed by atoms with E-state index in [1.807, 2.05) is 12.1 Å². The van der Waals surface area contributed by atoms with Crippen LogP contribution in [0, 0.1) is 5.92 Å². The molecule has 1 atom stereocenters. The first-order chi connectivity index (χ1) is 8.62. The van der Waals surface area contributed by atoms with Gasteiger partial charge >= 0.3 is 0 Å². The Hall–Kier alpha value is -1.06. The zero-order chi connectivity index (χ0) is 13.5. The molecule has 102 valence electrons. The Morgan fingerprint density at radius 3 is 2.56 bits per heavy atom. The van der Waals surface area contributed by atoms with Crippen molar-refractivity contribution >= 4 is 0 Å². The number of methoxy groups -OCH3 is 1. The molecule has 0 aliphatic heterocycles. The second-order valence-corrected chi connectivity index (χ2v) is 5.01. The summed E-state index contributed by atoms with van der Waals surface area (Å²) >= 11 is 0. The molecule has 0 heterocycles. The molecule has 0 amide bonds. The zero-order valence-electron chi connectivity index (χ0n) is 12.0. The van der Waals surface area contributed by atoms with Crippen LogP contribution in [0.2, 0.25) is 0 Å². The lowest BCUT2D eigenvalue weighted by atomic mass is 10.0. The lowest BCUT2D eigenvalue weighted by Crippen LogP contribution is -2.36. The van der Waals surface area contributed by atoms with Crippen molar-refractivity contribution in [1.82, 2.24) is 4.90 Å². The van der Waals surface area contributed by atoms with Gasteiger partial charge in [-0.25, -0.2) is 0 Å². The highest BCUT2D eigenvalue weighted by Gasteiger charge is 2.18.